The van der Waals surface area contributed by atoms with Crippen molar-refractivity contribution in [3.8, 4) is 0 Å². The SMILES string of the molecule is C=C/C1=C/SCc2ccccc2CS1. The van der Waals surface area contributed by atoms with E-state index in [1.54, 1.807) is 0 Å². The maximum absolute atomic E-state index is 3.81. The first-order chi connectivity index (χ1) is 6.90. The summed E-state index contributed by atoms with van der Waals surface area (Å²) in [4.78, 5) is 1.28. The van der Waals surface area contributed by atoms with Crippen molar-refractivity contribution in [3.63, 3.8) is 0 Å². The molecule has 0 nitrogen and oxygen atoms in total. The third kappa shape index (κ3) is 2.25. The van der Waals surface area contributed by atoms with Gasteiger partial charge in [-0.1, -0.05) is 36.9 Å². The molecule has 0 spiro atoms. The Hall–Kier alpha value is -0.600. The molecule has 0 bridgehead atoms. The number of benzene rings is 1. The molecule has 0 saturated heterocycles. The lowest BCUT2D eigenvalue weighted by Gasteiger charge is -2.11. The van der Waals surface area contributed by atoms with Crippen molar-refractivity contribution in [1.82, 2.24) is 0 Å². The van der Waals surface area contributed by atoms with E-state index in [4.69, 9.17) is 0 Å². The molecule has 2 heteroatoms. The standard InChI is InChI=1S/C12H12S2/c1-2-12-9-13-7-10-5-3-4-6-11(10)8-14-12/h2-6,9H,1,7-8H2/b12-9-. The summed E-state index contributed by atoms with van der Waals surface area (Å²) in [6.07, 6.45) is 1.94. The van der Waals surface area contributed by atoms with Crippen molar-refractivity contribution in [3.05, 3.63) is 58.4 Å². The van der Waals surface area contributed by atoms with E-state index in [-0.39, 0.29) is 0 Å². The van der Waals surface area contributed by atoms with E-state index >= 15 is 0 Å². The summed E-state index contributed by atoms with van der Waals surface area (Å²) < 4.78 is 0. The lowest BCUT2D eigenvalue weighted by atomic mass is 10.1. The molecule has 0 atom stereocenters. The van der Waals surface area contributed by atoms with Gasteiger partial charge in [-0.3, -0.25) is 0 Å². The van der Waals surface area contributed by atoms with E-state index in [1.807, 2.05) is 29.6 Å². The van der Waals surface area contributed by atoms with Crippen LogP contribution in [0.25, 0.3) is 0 Å². The summed E-state index contributed by atoms with van der Waals surface area (Å²) in [5.74, 6) is 2.14. The van der Waals surface area contributed by atoms with Gasteiger partial charge >= 0.3 is 0 Å². The number of rotatable bonds is 1. The zero-order valence-electron chi connectivity index (χ0n) is 7.90. The van der Waals surface area contributed by atoms with Crippen molar-refractivity contribution < 1.29 is 0 Å². The molecule has 0 N–H and O–H groups in total. The minimum atomic E-state index is 1.06. The Morgan fingerprint density at radius 2 is 1.86 bits per heavy atom. The molecule has 0 unspecified atom stereocenters. The van der Waals surface area contributed by atoms with Gasteiger partial charge in [0, 0.05) is 16.4 Å². The van der Waals surface area contributed by atoms with Crippen LogP contribution in [0.15, 0.2) is 47.2 Å². The van der Waals surface area contributed by atoms with E-state index in [9.17, 15) is 0 Å². The van der Waals surface area contributed by atoms with Gasteiger partial charge in [0.2, 0.25) is 0 Å². The van der Waals surface area contributed by atoms with E-state index in [0.29, 0.717) is 0 Å². The lowest BCUT2D eigenvalue weighted by Crippen LogP contribution is -1.91. The number of allylic oxidation sites excluding steroid dienone is 1. The molecule has 1 aromatic carbocycles. The second-order valence-electron chi connectivity index (χ2n) is 3.09. The number of thioether (sulfide) groups is 2. The predicted molar refractivity (Wildman–Crippen MR) is 67.3 cm³/mol. The van der Waals surface area contributed by atoms with Gasteiger partial charge in [0.15, 0.2) is 0 Å². The van der Waals surface area contributed by atoms with E-state index in [1.165, 1.54) is 16.0 Å². The Morgan fingerprint density at radius 1 is 1.14 bits per heavy atom. The maximum atomic E-state index is 3.81. The molecular formula is C12H12S2. The fourth-order valence-electron chi connectivity index (χ4n) is 1.35. The molecule has 1 aliphatic rings. The monoisotopic (exact) mass is 220 g/mol. The van der Waals surface area contributed by atoms with Gasteiger partial charge in [0.25, 0.3) is 0 Å². The Bertz CT molecular complexity index is 366. The molecule has 1 aliphatic heterocycles. The molecule has 0 saturated carbocycles. The van der Waals surface area contributed by atoms with Gasteiger partial charge in [-0.15, -0.1) is 23.5 Å². The van der Waals surface area contributed by atoms with Crippen LogP contribution in [0.4, 0.5) is 0 Å². The van der Waals surface area contributed by atoms with Crippen LogP contribution in [-0.2, 0) is 11.5 Å². The molecule has 0 radical (unpaired) electrons. The first kappa shape index (κ1) is 9.94. The summed E-state index contributed by atoms with van der Waals surface area (Å²) in [6, 6.07) is 8.66. The van der Waals surface area contributed by atoms with Crippen molar-refractivity contribution in [1.29, 1.82) is 0 Å². The smallest absolute Gasteiger partial charge is 0.0235 e. The average molecular weight is 220 g/mol. The van der Waals surface area contributed by atoms with E-state index in [0.717, 1.165) is 11.5 Å². The van der Waals surface area contributed by atoms with Gasteiger partial charge < -0.3 is 0 Å². The molecule has 0 fully saturated rings. The third-order valence-electron chi connectivity index (χ3n) is 2.15. The van der Waals surface area contributed by atoms with Crippen molar-refractivity contribution in [2.75, 3.05) is 0 Å². The third-order valence-corrected chi connectivity index (χ3v) is 4.27. The molecule has 1 heterocycles. The van der Waals surface area contributed by atoms with Crippen LogP contribution in [0.3, 0.4) is 0 Å². The molecule has 14 heavy (non-hydrogen) atoms. The second-order valence-corrected chi connectivity index (χ2v) is 5.00. The molecular weight excluding hydrogens is 208 g/mol. The second kappa shape index (κ2) is 4.76. The van der Waals surface area contributed by atoms with Crippen molar-refractivity contribution in [2.45, 2.75) is 11.5 Å². The molecule has 0 aliphatic carbocycles. The van der Waals surface area contributed by atoms with Gasteiger partial charge in [-0.05, 0) is 16.5 Å². The Balaban J connectivity index is 2.23. The number of hydrogen-bond acceptors (Lipinski definition) is 2. The number of fused-ring (bicyclic) bond motifs is 1. The molecule has 2 rings (SSSR count). The summed E-state index contributed by atoms with van der Waals surface area (Å²) in [6.45, 7) is 3.81. The fourth-order valence-corrected chi connectivity index (χ4v) is 3.36. The Labute approximate surface area is 93.5 Å². The van der Waals surface area contributed by atoms with Gasteiger partial charge in [-0.2, -0.15) is 0 Å². The quantitative estimate of drug-likeness (QED) is 0.696. The van der Waals surface area contributed by atoms with E-state index in [2.05, 4.69) is 36.3 Å². The summed E-state index contributed by atoms with van der Waals surface area (Å²) in [5, 5.41) is 2.20. The highest BCUT2D eigenvalue weighted by atomic mass is 32.2. The fraction of sp³-hybridized carbons (Fsp3) is 0.167. The molecule has 1 aromatic rings. The van der Waals surface area contributed by atoms with Crippen LogP contribution in [0, 0.1) is 0 Å². The first-order valence-electron chi connectivity index (χ1n) is 4.54. The summed E-state index contributed by atoms with van der Waals surface area (Å²) in [7, 11) is 0. The summed E-state index contributed by atoms with van der Waals surface area (Å²) in [5.41, 5.74) is 2.92. The zero-order chi connectivity index (χ0) is 9.80. The molecule has 0 aromatic heterocycles. The van der Waals surface area contributed by atoms with Crippen molar-refractivity contribution in [2.24, 2.45) is 0 Å². The van der Waals surface area contributed by atoms with Crippen LogP contribution in [0.2, 0.25) is 0 Å². The lowest BCUT2D eigenvalue weighted by molar-refractivity contribution is 1.28. The highest BCUT2D eigenvalue weighted by Gasteiger charge is 2.05. The topological polar surface area (TPSA) is 0 Å². The van der Waals surface area contributed by atoms with Crippen LogP contribution in [0.1, 0.15) is 11.1 Å². The van der Waals surface area contributed by atoms with Crippen LogP contribution in [0.5, 0.6) is 0 Å². The average Bonchev–Trinajstić information content (AvgIpc) is 2.19. The van der Waals surface area contributed by atoms with Gasteiger partial charge in [0.1, 0.15) is 0 Å². The predicted octanol–water partition coefficient (Wildman–Crippen LogP) is 4.19. The highest BCUT2D eigenvalue weighted by Crippen LogP contribution is 2.31. The van der Waals surface area contributed by atoms with Gasteiger partial charge in [0.05, 0.1) is 0 Å². The van der Waals surface area contributed by atoms with Crippen LogP contribution in [-0.4, -0.2) is 0 Å². The molecule has 0 amide bonds. The van der Waals surface area contributed by atoms with Gasteiger partial charge in [-0.25, -0.2) is 0 Å². The summed E-state index contributed by atoms with van der Waals surface area (Å²) >= 11 is 3.71. The number of hydrogen-bond donors (Lipinski definition) is 0. The van der Waals surface area contributed by atoms with Crippen LogP contribution >= 0.6 is 23.5 Å². The largest absolute Gasteiger partial charge is 0.128 e. The minimum Gasteiger partial charge on any atom is -0.128 e. The Kier molecular flexibility index (Phi) is 3.38. The highest BCUT2D eigenvalue weighted by molar-refractivity contribution is 8.05. The van der Waals surface area contributed by atoms with Crippen molar-refractivity contribution >= 4 is 23.5 Å². The zero-order valence-corrected chi connectivity index (χ0v) is 9.53. The maximum Gasteiger partial charge on any atom is 0.0235 e. The minimum absolute atomic E-state index is 1.06. The molecule has 72 valence electrons. The normalized spacial score (nSPS) is 19.9. The van der Waals surface area contributed by atoms with Crippen LogP contribution < -0.4 is 0 Å². The van der Waals surface area contributed by atoms with E-state index < -0.39 is 0 Å². The first-order valence-corrected chi connectivity index (χ1v) is 6.57. The Morgan fingerprint density at radius 3 is 2.57 bits per heavy atom.